The molecule has 0 spiro atoms. The molecule has 1 N–H and O–H groups in total. The zero-order valence-corrected chi connectivity index (χ0v) is 14.1. The molecule has 2 aliphatic heterocycles. The van der Waals surface area contributed by atoms with Gasteiger partial charge in [-0.25, -0.2) is 0 Å². The summed E-state index contributed by atoms with van der Waals surface area (Å²) in [6.45, 7) is 9.86. The minimum atomic E-state index is 0.643. The van der Waals surface area contributed by atoms with Gasteiger partial charge in [0.25, 0.3) is 0 Å². The quantitative estimate of drug-likeness (QED) is 0.634. The van der Waals surface area contributed by atoms with Crippen LogP contribution in [0.2, 0.25) is 0 Å². The van der Waals surface area contributed by atoms with Crippen LogP contribution in [0.5, 0.6) is 0 Å². The number of rotatable bonds is 4. The molecule has 2 saturated heterocycles. The number of hydrogen-bond donors (Lipinski definition) is 1. The summed E-state index contributed by atoms with van der Waals surface area (Å²) in [5, 5.41) is 4.25. The van der Waals surface area contributed by atoms with E-state index in [2.05, 4.69) is 47.8 Å². The van der Waals surface area contributed by atoms with Crippen LogP contribution >= 0.6 is 11.8 Å². The summed E-state index contributed by atoms with van der Waals surface area (Å²) in [6, 6.07) is 0.643. The van der Waals surface area contributed by atoms with Gasteiger partial charge in [-0.1, -0.05) is 6.92 Å². The topological polar surface area (TPSA) is 30.9 Å². The van der Waals surface area contributed by atoms with Crippen LogP contribution in [0.1, 0.15) is 33.1 Å². The molecule has 0 aromatic heterocycles. The van der Waals surface area contributed by atoms with Gasteiger partial charge < -0.3 is 15.1 Å². The van der Waals surface area contributed by atoms with Crippen LogP contribution < -0.4 is 5.32 Å². The molecule has 0 amide bonds. The average molecular weight is 299 g/mol. The van der Waals surface area contributed by atoms with Crippen LogP contribution in [0.4, 0.5) is 0 Å². The molecule has 0 aliphatic carbocycles. The molecule has 116 valence electrons. The highest BCUT2D eigenvalue weighted by atomic mass is 32.2. The van der Waals surface area contributed by atoms with Gasteiger partial charge >= 0.3 is 0 Å². The number of hydrogen-bond acceptors (Lipinski definition) is 3. The summed E-state index contributed by atoms with van der Waals surface area (Å²) in [4.78, 5) is 9.83. The maximum atomic E-state index is 4.92. The maximum absolute atomic E-state index is 4.92. The van der Waals surface area contributed by atoms with Gasteiger partial charge in [-0.2, -0.15) is 11.8 Å². The van der Waals surface area contributed by atoms with Gasteiger partial charge in [0.2, 0.25) is 0 Å². The van der Waals surface area contributed by atoms with E-state index in [9.17, 15) is 0 Å². The van der Waals surface area contributed by atoms with Crippen molar-refractivity contribution in [2.75, 3.05) is 45.5 Å². The number of likely N-dealkylation sites (N-methyl/N-ethyl adjacent to an activating group) is 1. The van der Waals surface area contributed by atoms with E-state index in [0.29, 0.717) is 6.04 Å². The van der Waals surface area contributed by atoms with Crippen LogP contribution in [0, 0.1) is 0 Å². The van der Waals surface area contributed by atoms with Crippen molar-refractivity contribution >= 4 is 17.7 Å². The number of likely N-dealkylation sites (tertiary alicyclic amines) is 1. The smallest absolute Gasteiger partial charge is 0.194 e. The second-order valence-corrected chi connectivity index (χ2v) is 7.23. The summed E-state index contributed by atoms with van der Waals surface area (Å²) < 4.78 is 0. The second kappa shape index (κ2) is 8.13. The number of aliphatic imine (C=N–C) groups is 1. The van der Waals surface area contributed by atoms with Crippen molar-refractivity contribution in [3.05, 3.63) is 0 Å². The molecular formula is C15H30N4S. The third kappa shape index (κ3) is 4.29. The Morgan fingerprint density at radius 2 is 2.20 bits per heavy atom. The zero-order valence-electron chi connectivity index (χ0n) is 13.3. The first-order valence-corrected chi connectivity index (χ1v) is 9.14. The average Bonchev–Trinajstić information content (AvgIpc) is 2.89. The molecule has 0 aromatic carbocycles. The van der Waals surface area contributed by atoms with E-state index in [1.807, 2.05) is 0 Å². The summed E-state index contributed by atoms with van der Waals surface area (Å²) in [5.74, 6) is 2.36. The molecular weight excluding hydrogens is 268 g/mol. The van der Waals surface area contributed by atoms with Gasteiger partial charge in [-0.05, 0) is 39.8 Å². The molecule has 2 heterocycles. The first-order chi connectivity index (χ1) is 9.74. The lowest BCUT2D eigenvalue weighted by Crippen LogP contribution is -2.48. The fraction of sp³-hybridized carbons (Fsp3) is 0.933. The number of nitrogens with zero attached hydrogens (tertiary/aromatic N) is 3. The Morgan fingerprint density at radius 1 is 1.35 bits per heavy atom. The van der Waals surface area contributed by atoms with E-state index in [-0.39, 0.29) is 0 Å². The molecule has 5 heteroatoms. The summed E-state index contributed by atoms with van der Waals surface area (Å²) in [6.07, 6.45) is 3.88. The lowest BCUT2D eigenvalue weighted by Gasteiger charge is -2.34. The predicted octanol–water partition coefficient (Wildman–Crippen LogP) is 1.87. The van der Waals surface area contributed by atoms with Gasteiger partial charge in [0, 0.05) is 36.7 Å². The Kier molecular flexibility index (Phi) is 6.49. The Morgan fingerprint density at radius 3 is 2.85 bits per heavy atom. The van der Waals surface area contributed by atoms with Gasteiger partial charge in [0.15, 0.2) is 5.96 Å². The fourth-order valence-corrected chi connectivity index (χ4v) is 4.17. The highest BCUT2D eigenvalue weighted by molar-refractivity contribution is 8.00. The third-order valence-electron chi connectivity index (χ3n) is 4.35. The van der Waals surface area contributed by atoms with Crippen LogP contribution in [-0.2, 0) is 0 Å². The Balaban J connectivity index is 1.94. The molecule has 2 atom stereocenters. The molecule has 2 fully saturated rings. The van der Waals surface area contributed by atoms with Crippen molar-refractivity contribution < 1.29 is 0 Å². The van der Waals surface area contributed by atoms with E-state index in [4.69, 9.17) is 4.99 Å². The highest BCUT2D eigenvalue weighted by Gasteiger charge is 2.23. The van der Waals surface area contributed by atoms with E-state index in [0.717, 1.165) is 37.4 Å². The SMILES string of the molecule is CCNC(=NCC1CCCN1C)N1CCSC(CC)C1. The predicted molar refractivity (Wildman–Crippen MR) is 89.7 cm³/mol. The fourth-order valence-electron chi connectivity index (χ4n) is 2.99. The standard InChI is InChI=1S/C15H30N4S/c1-4-14-12-19(9-10-20-14)15(16-5-2)17-11-13-7-6-8-18(13)3/h13-14H,4-12H2,1-3H3,(H,16,17). The Bertz CT molecular complexity index is 321. The first kappa shape index (κ1) is 16.0. The third-order valence-corrected chi connectivity index (χ3v) is 5.72. The summed E-state index contributed by atoms with van der Waals surface area (Å²) >= 11 is 2.11. The Labute approximate surface area is 128 Å². The van der Waals surface area contributed by atoms with Gasteiger partial charge in [0.1, 0.15) is 0 Å². The minimum Gasteiger partial charge on any atom is -0.357 e. The van der Waals surface area contributed by atoms with Crippen molar-refractivity contribution in [1.29, 1.82) is 0 Å². The van der Waals surface area contributed by atoms with Gasteiger partial charge in [-0.15, -0.1) is 0 Å². The van der Waals surface area contributed by atoms with E-state index >= 15 is 0 Å². The van der Waals surface area contributed by atoms with Crippen LogP contribution in [0.25, 0.3) is 0 Å². The van der Waals surface area contributed by atoms with Crippen molar-refractivity contribution in [1.82, 2.24) is 15.1 Å². The maximum Gasteiger partial charge on any atom is 0.194 e. The van der Waals surface area contributed by atoms with Crippen molar-refractivity contribution in [3.63, 3.8) is 0 Å². The van der Waals surface area contributed by atoms with Crippen LogP contribution in [0.3, 0.4) is 0 Å². The molecule has 20 heavy (non-hydrogen) atoms. The first-order valence-electron chi connectivity index (χ1n) is 8.09. The molecule has 0 saturated carbocycles. The van der Waals surface area contributed by atoms with Gasteiger partial charge in [-0.3, -0.25) is 4.99 Å². The molecule has 2 unspecified atom stereocenters. The summed E-state index contributed by atoms with van der Waals surface area (Å²) in [5.41, 5.74) is 0. The molecule has 0 aromatic rings. The van der Waals surface area contributed by atoms with E-state index < -0.39 is 0 Å². The second-order valence-electron chi connectivity index (χ2n) is 5.82. The number of nitrogens with one attached hydrogen (secondary N) is 1. The number of thioether (sulfide) groups is 1. The van der Waals surface area contributed by atoms with Crippen molar-refractivity contribution in [2.24, 2.45) is 4.99 Å². The minimum absolute atomic E-state index is 0.643. The van der Waals surface area contributed by atoms with Crippen molar-refractivity contribution in [3.8, 4) is 0 Å². The largest absolute Gasteiger partial charge is 0.357 e. The molecule has 0 radical (unpaired) electrons. The zero-order chi connectivity index (χ0) is 14.4. The van der Waals surface area contributed by atoms with E-state index in [1.165, 1.54) is 31.6 Å². The normalized spacial score (nSPS) is 28.9. The molecule has 4 nitrogen and oxygen atoms in total. The molecule has 2 rings (SSSR count). The monoisotopic (exact) mass is 298 g/mol. The highest BCUT2D eigenvalue weighted by Crippen LogP contribution is 2.21. The lowest BCUT2D eigenvalue weighted by atomic mass is 10.2. The Hall–Kier alpha value is -0.420. The van der Waals surface area contributed by atoms with Crippen LogP contribution in [0.15, 0.2) is 4.99 Å². The summed E-state index contributed by atoms with van der Waals surface area (Å²) in [7, 11) is 2.23. The van der Waals surface area contributed by atoms with Gasteiger partial charge in [0.05, 0.1) is 6.54 Å². The lowest BCUT2D eigenvalue weighted by molar-refractivity contribution is 0.315. The van der Waals surface area contributed by atoms with Crippen molar-refractivity contribution in [2.45, 2.75) is 44.4 Å². The van der Waals surface area contributed by atoms with E-state index in [1.54, 1.807) is 0 Å². The molecule has 2 aliphatic rings. The number of guanidine groups is 1. The molecule has 0 bridgehead atoms. The van der Waals surface area contributed by atoms with Crippen LogP contribution in [-0.4, -0.2) is 72.6 Å².